The van der Waals surface area contributed by atoms with Gasteiger partial charge >= 0.3 is 0 Å². The first-order chi connectivity index (χ1) is 64.6. The number of hydrogen-bond acceptors (Lipinski definition) is 12. The molecule has 132 heavy (non-hydrogen) atoms. The molecule has 3 aliphatic carbocycles. The topological polar surface area (TPSA) is 155 Å². The van der Waals surface area contributed by atoms with E-state index >= 15 is 0 Å². The Balaban J connectivity index is 0.000000110. The average Bonchev–Trinajstić information content (AvgIpc) is 1.57. The Morgan fingerprint density at radius 2 is 0.386 bits per heavy atom. The first kappa shape index (κ1) is 78.6. The second-order valence-corrected chi connectivity index (χ2v) is 35.9. The van der Waals surface area contributed by atoms with Gasteiger partial charge in [-0.05, 0) is 168 Å². The van der Waals surface area contributed by atoms with Crippen LogP contribution in [0.2, 0.25) is 0 Å². The van der Waals surface area contributed by atoms with Crippen molar-refractivity contribution < 1.29 is 13.3 Å². The second kappa shape index (κ2) is 31.3. The minimum atomic E-state index is -0.230. The molecule has 17 aromatic carbocycles. The molecule has 0 atom stereocenters. The van der Waals surface area contributed by atoms with Gasteiger partial charge in [0.1, 0.15) is 33.5 Å². The lowest BCUT2D eigenvalue weighted by Gasteiger charge is -2.22. The van der Waals surface area contributed by atoms with Gasteiger partial charge in [-0.3, -0.25) is 0 Å². The van der Waals surface area contributed by atoms with Gasteiger partial charge in [-0.2, -0.15) is 0 Å². The van der Waals surface area contributed by atoms with E-state index in [1.165, 1.54) is 66.8 Å². The Hall–Kier alpha value is -16.8. The highest BCUT2D eigenvalue weighted by Gasteiger charge is 2.41. The van der Waals surface area contributed by atoms with Crippen LogP contribution in [0.25, 0.3) is 224 Å². The maximum atomic E-state index is 6.29. The van der Waals surface area contributed by atoms with Gasteiger partial charge in [0.05, 0.1) is 0 Å². The SMILES string of the molecule is CC1(C)c2cc(-c3nc(-c4ccccc4)nc(-c4cccc(-c5ccccc5)c4)n3)ccc2-c2cc3c(cc21)oc1ccccc13.CC1(C)c2cc(-c3nc(-c4ccccc4)nc(-c4ccccc4)n3)ccc2-c2cc3c(cc21)oc1ccccc13.CC1(C)c2cc(-c3nc(-c4ccccc4)nc(-c4ccccc4-c4ccccc4)n3)ccc2-c2cc3c(cc21)oc1ccccc13. The Kier molecular flexibility index (Phi) is 18.6. The van der Waals surface area contributed by atoms with Crippen molar-refractivity contribution in [3.63, 3.8) is 0 Å². The predicted octanol–water partition coefficient (Wildman–Crippen LogP) is 30.6. The average molecular weight is 1700 g/mol. The molecule has 12 heteroatoms. The van der Waals surface area contributed by atoms with Crippen molar-refractivity contribution in [2.24, 2.45) is 0 Å². The zero-order valence-corrected chi connectivity index (χ0v) is 73.3. The van der Waals surface area contributed by atoms with Gasteiger partial charge in [-0.15, -0.1) is 0 Å². The standard InChI is InChI=1S/2C42H29N3O.C36H25N3O/c1-42(2)35-23-28(21-22-30(35)33-24-34-31-18-11-12-20-37(31)46-38(34)25-36(33)42)40-43-39(27-15-7-4-8-16-27)44-41(45-40)32-19-10-9-17-29(32)26-13-5-3-6-14-26;1-42(2)35-23-30(20-21-31(35)33-24-34-32-18-9-10-19-37(32)46-38(34)25-36(33)42)41-44-39(27-14-7-4-8-15-27)43-40(45-41)29-17-11-16-28(22-29)26-12-5-3-6-13-26;1-36(2)29-19-24(17-18-25(29)27-20-28-26-15-9-10-16-31(26)40-32(28)21-30(27)36)35-38-33(22-11-5-3-6-12-22)37-34(39-35)23-13-7-4-8-14-23/h2*3-25H,1-2H3;3-21H,1-2H3. The minimum absolute atomic E-state index is 0.203. The summed E-state index contributed by atoms with van der Waals surface area (Å²) in [6.45, 7) is 13.7. The quantitative estimate of drug-likeness (QED) is 0.121. The summed E-state index contributed by atoms with van der Waals surface area (Å²) >= 11 is 0. The molecule has 0 radical (unpaired) electrons. The molecule has 26 rings (SSSR count). The van der Waals surface area contributed by atoms with Gasteiger partial charge in [0.15, 0.2) is 52.4 Å². The van der Waals surface area contributed by atoms with E-state index in [2.05, 4.69) is 260 Å². The molecule has 0 N–H and O–H groups in total. The number of fused-ring (bicyclic) bond motifs is 18. The molecule has 23 aromatic rings. The molecule has 0 unspecified atom stereocenters. The fraction of sp³-hybridized carbons (Fsp3) is 0.0750. The van der Waals surface area contributed by atoms with E-state index < -0.39 is 0 Å². The van der Waals surface area contributed by atoms with Crippen LogP contribution in [0.3, 0.4) is 0 Å². The molecule has 0 saturated carbocycles. The van der Waals surface area contributed by atoms with Gasteiger partial charge in [0.25, 0.3) is 0 Å². The van der Waals surface area contributed by atoms with Crippen molar-refractivity contribution in [3.8, 4) is 158 Å². The molecule has 3 aliphatic rings. The molecule has 6 aromatic heterocycles. The number of aromatic nitrogens is 9. The summed E-state index contributed by atoms with van der Waals surface area (Å²) < 4.78 is 18.8. The molecule has 0 spiro atoms. The molecule has 0 fully saturated rings. The van der Waals surface area contributed by atoms with Crippen LogP contribution in [0, 0.1) is 0 Å². The maximum Gasteiger partial charge on any atom is 0.164 e. The molecule has 0 amide bonds. The summed E-state index contributed by atoms with van der Waals surface area (Å²) in [5, 5.41) is 6.88. The van der Waals surface area contributed by atoms with E-state index in [9.17, 15) is 0 Å². The van der Waals surface area contributed by atoms with Crippen LogP contribution in [0.15, 0.2) is 408 Å². The van der Waals surface area contributed by atoms with Crippen molar-refractivity contribution in [3.05, 3.63) is 428 Å². The number of furan rings is 3. The van der Waals surface area contributed by atoms with Crippen LogP contribution in [0.1, 0.15) is 74.9 Å². The van der Waals surface area contributed by atoms with E-state index in [4.69, 9.17) is 58.1 Å². The summed E-state index contributed by atoms with van der Waals surface area (Å²) in [5.41, 5.74) is 33.1. The van der Waals surface area contributed by atoms with E-state index in [-0.39, 0.29) is 16.2 Å². The fourth-order valence-electron chi connectivity index (χ4n) is 19.9. The molecule has 0 bridgehead atoms. The lowest BCUT2D eigenvalue weighted by Crippen LogP contribution is -2.15. The van der Waals surface area contributed by atoms with Crippen LogP contribution < -0.4 is 0 Å². The van der Waals surface area contributed by atoms with Crippen molar-refractivity contribution in [1.29, 1.82) is 0 Å². The zero-order chi connectivity index (χ0) is 88.5. The minimum Gasteiger partial charge on any atom is -0.456 e. The van der Waals surface area contributed by atoms with E-state index in [0.29, 0.717) is 52.4 Å². The molecule has 0 saturated heterocycles. The Morgan fingerprint density at radius 1 is 0.144 bits per heavy atom. The van der Waals surface area contributed by atoms with Crippen LogP contribution in [0.4, 0.5) is 0 Å². The van der Waals surface area contributed by atoms with Crippen molar-refractivity contribution in [2.45, 2.75) is 57.8 Å². The highest BCUT2D eigenvalue weighted by Crippen LogP contribution is 2.56. The summed E-state index contributed by atoms with van der Waals surface area (Å²) in [4.78, 5) is 45.1. The maximum absolute atomic E-state index is 6.29. The molecule has 6 heterocycles. The summed E-state index contributed by atoms with van der Waals surface area (Å²) in [7, 11) is 0. The van der Waals surface area contributed by atoms with Crippen LogP contribution in [-0.4, -0.2) is 44.9 Å². The van der Waals surface area contributed by atoms with Crippen LogP contribution >= 0.6 is 0 Å². The van der Waals surface area contributed by atoms with E-state index in [0.717, 1.165) is 138 Å². The summed E-state index contributed by atoms with van der Waals surface area (Å²) in [6, 6.07) is 136. The summed E-state index contributed by atoms with van der Waals surface area (Å²) in [5.74, 6) is 5.92. The van der Waals surface area contributed by atoms with Gasteiger partial charge in [-0.25, -0.2) is 44.9 Å². The molecular formula is C120H83N9O3. The third-order valence-corrected chi connectivity index (χ3v) is 26.8. The Morgan fingerprint density at radius 3 is 0.720 bits per heavy atom. The lowest BCUT2D eigenvalue weighted by molar-refractivity contribution is 0.647. The van der Waals surface area contributed by atoms with Gasteiger partial charge in [0.2, 0.25) is 0 Å². The van der Waals surface area contributed by atoms with Crippen LogP contribution in [0.5, 0.6) is 0 Å². The second-order valence-electron chi connectivity index (χ2n) is 35.9. The number of nitrogens with zero attached hydrogens (tertiary/aromatic N) is 9. The van der Waals surface area contributed by atoms with Crippen molar-refractivity contribution in [1.82, 2.24) is 44.9 Å². The van der Waals surface area contributed by atoms with Gasteiger partial charge < -0.3 is 13.3 Å². The third kappa shape index (κ3) is 13.5. The highest BCUT2D eigenvalue weighted by molar-refractivity contribution is 6.11. The number of para-hydroxylation sites is 3. The zero-order valence-electron chi connectivity index (χ0n) is 73.3. The normalized spacial score (nSPS) is 13.3. The third-order valence-electron chi connectivity index (χ3n) is 26.8. The molecule has 626 valence electrons. The van der Waals surface area contributed by atoms with Crippen LogP contribution in [-0.2, 0) is 16.2 Å². The number of hydrogen-bond donors (Lipinski definition) is 0. The first-order valence-corrected chi connectivity index (χ1v) is 44.8. The molecule has 12 nitrogen and oxygen atoms in total. The largest absolute Gasteiger partial charge is 0.456 e. The monoisotopic (exact) mass is 1700 g/mol. The Labute approximate surface area is 762 Å². The van der Waals surface area contributed by atoms with Crippen molar-refractivity contribution in [2.75, 3.05) is 0 Å². The summed E-state index contributed by atoms with van der Waals surface area (Å²) in [6.07, 6.45) is 0. The van der Waals surface area contributed by atoms with E-state index in [1.54, 1.807) is 0 Å². The Bertz CT molecular complexity index is 8480. The molecule has 0 aliphatic heterocycles. The van der Waals surface area contributed by atoms with E-state index in [1.807, 2.05) is 176 Å². The molecular weight excluding hydrogens is 1620 g/mol. The number of benzene rings is 17. The van der Waals surface area contributed by atoms with Gasteiger partial charge in [0, 0.05) is 98.6 Å². The fourth-order valence-corrected chi connectivity index (χ4v) is 19.9. The first-order valence-electron chi connectivity index (χ1n) is 44.8. The predicted molar refractivity (Wildman–Crippen MR) is 534 cm³/mol. The number of rotatable bonds is 11. The van der Waals surface area contributed by atoms with Gasteiger partial charge in [-0.1, -0.05) is 357 Å². The lowest BCUT2D eigenvalue weighted by atomic mass is 9.81. The highest BCUT2D eigenvalue weighted by atomic mass is 16.3. The van der Waals surface area contributed by atoms with Crippen molar-refractivity contribution >= 4 is 65.8 Å². The smallest absolute Gasteiger partial charge is 0.164 e.